The molecule has 152 valence electrons. The summed E-state index contributed by atoms with van der Waals surface area (Å²) in [4.78, 5) is 0. The second-order valence-corrected chi connectivity index (χ2v) is 11.2. The predicted octanol–water partition coefficient (Wildman–Crippen LogP) is 6.25. The molecule has 5 heteroatoms. The third kappa shape index (κ3) is 15.2. The van der Waals surface area contributed by atoms with Crippen LogP contribution in [0.4, 0.5) is 0 Å². The first-order valence-electron chi connectivity index (χ1n) is 10.8. The Morgan fingerprint density at radius 1 is 0.400 bits per heavy atom. The number of hydrogen-bond donors (Lipinski definition) is 0. The van der Waals surface area contributed by atoms with E-state index in [9.17, 15) is 0 Å². The van der Waals surface area contributed by atoms with Gasteiger partial charge in [-0.3, -0.25) is 0 Å². The number of hydrogen-bond acceptors (Lipinski definition) is 4. The molecule has 0 saturated heterocycles. The minimum atomic E-state index is -3.59. The summed E-state index contributed by atoms with van der Waals surface area (Å²) in [7, 11) is 0. The Morgan fingerprint density at radius 3 is 0.840 bits per heavy atom. The van der Waals surface area contributed by atoms with E-state index >= 15 is 0 Å². The molecule has 0 amide bonds. The van der Waals surface area contributed by atoms with E-state index in [0.29, 0.717) is 26.4 Å². The van der Waals surface area contributed by atoms with Gasteiger partial charge in [-0.15, -0.1) is 0 Å². The zero-order chi connectivity index (χ0) is 18.6. The summed E-state index contributed by atoms with van der Waals surface area (Å²) in [6.07, 6.45) is 13.7. The molecule has 0 spiro atoms. The van der Waals surface area contributed by atoms with E-state index < -0.39 is 14.6 Å². The van der Waals surface area contributed by atoms with Crippen molar-refractivity contribution in [2.24, 2.45) is 0 Å². The summed E-state index contributed by atoms with van der Waals surface area (Å²) in [5.41, 5.74) is 0. The summed E-state index contributed by atoms with van der Waals surface area (Å²) in [5.74, 6) is 0. The average Bonchev–Trinajstić information content (AvgIpc) is 2.63. The molecule has 0 rings (SSSR count). The molecule has 25 heavy (non-hydrogen) atoms. The van der Waals surface area contributed by atoms with Gasteiger partial charge in [0.05, 0.1) is 0 Å². The van der Waals surface area contributed by atoms with Gasteiger partial charge in [-0.05, 0) is 0 Å². The molecule has 0 aliphatic heterocycles. The molecule has 4 nitrogen and oxygen atoms in total. The van der Waals surface area contributed by atoms with Crippen molar-refractivity contribution < 1.29 is 15.1 Å². The molecule has 0 heterocycles. The molecule has 0 bridgehead atoms. The number of unbranched alkanes of at least 4 members (excludes halogenated alkanes) is 8. The van der Waals surface area contributed by atoms with Crippen molar-refractivity contribution in [2.45, 2.75) is 105 Å². The van der Waals surface area contributed by atoms with E-state index in [-0.39, 0.29) is 0 Å². The third-order valence-electron chi connectivity index (χ3n) is 4.11. The van der Waals surface area contributed by atoms with E-state index in [1.165, 1.54) is 51.4 Å². The molecule has 0 aromatic heterocycles. The summed E-state index contributed by atoms with van der Waals surface area (Å²) < 4.78 is 24.8. The predicted molar refractivity (Wildman–Crippen MR) is 108 cm³/mol. The van der Waals surface area contributed by atoms with Crippen LogP contribution in [0.2, 0.25) is 0 Å². The van der Waals surface area contributed by atoms with Gasteiger partial charge in [-0.2, -0.15) is 0 Å². The molecule has 0 aliphatic carbocycles. The molecule has 0 saturated carbocycles. The fourth-order valence-corrected chi connectivity index (χ4v) is 6.81. The molecule has 0 atom stereocenters. The van der Waals surface area contributed by atoms with Crippen LogP contribution in [0.25, 0.3) is 0 Å². The Labute approximate surface area is 161 Å². The van der Waals surface area contributed by atoms with E-state index in [1.54, 1.807) is 0 Å². The maximum atomic E-state index is 6.19. The summed E-state index contributed by atoms with van der Waals surface area (Å²) >= 11 is -3.59. The average molecular weight is 421 g/mol. The quantitative estimate of drug-likeness (QED) is 0.172. The van der Waals surface area contributed by atoms with Crippen molar-refractivity contribution >= 4 is 14.6 Å². The Balaban J connectivity index is 4.62. The van der Waals surface area contributed by atoms with E-state index in [1.807, 2.05) is 0 Å². The van der Waals surface area contributed by atoms with Crippen LogP contribution in [0.15, 0.2) is 0 Å². The van der Waals surface area contributed by atoms with Crippen molar-refractivity contribution in [3.63, 3.8) is 0 Å². The topological polar surface area (TPSA) is 36.9 Å². The van der Waals surface area contributed by atoms with Crippen LogP contribution >= 0.6 is 0 Å². The first kappa shape index (κ1) is 25.4. The molecular formula is C20H44GeO4. The summed E-state index contributed by atoms with van der Waals surface area (Å²) in [5, 5.41) is 0. The molecule has 0 aromatic rings. The van der Waals surface area contributed by atoms with E-state index in [2.05, 4.69) is 27.7 Å². The van der Waals surface area contributed by atoms with Crippen molar-refractivity contribution in [3.05, 3.63) is 0 Å². The number of rotatable bonds is 20. The summed E-state index contributed by atoms with van der Waals surface area (Å²) in [6, 6.07) is 0. The summed E-state index contributed by atoms with van der Waals surface area (Å²) in [6.45, 7) is 11.6. The maximum absolute atomic E-state index is 6.19. The molecule has 0 unspecified atom stereocenters. The second-order valence-electron chi connectivity index (χ2n) is 6.72. The molecule has 0 aromatic carbocycles. The van der Waals surface area contributed by atoms with Crippen molar-refractivity contribution in [1.82, 2.24) is 0 Å². The van der Waals surface area contributed by atoms with Gasteiger partial charge in [-0.1, -0.05) is 0 Å². The third-order valence-corrected chi connectivity index (χ3v) is 8.79. The Kier molecular flexibility index (Phi) is 19.4. The first-order chi connectivity index (χ1) is 12.2. The Bertz CT molecular complexity index is 211. The van der Waals surface area contributed by atoms with Crippen LogP contribution in [0.1, 0.15) is 105 Å². The van der Waals surface area contributed by atoms with Gasteiger partial charge >= 0.3 is 161 Å². The van der Waals surface area contributed by atoms with Crippen LogP contribution in [0.5, 0.6) is 0 Å². The SMILES string of the molecule is CCCCC[O][Ge]([O]CCCCC)([O]CCCCC)[O]CCCCC. The zero-order valence-electron chi connectivity index (χ0n) is 17.4. The van der Waals surface area contributed by atoms with Crippen molar-refractivity contribution in [3.8, 4) is 0 Å². The second kappa shape index (κ2) is 19.2. The minimum absolute atomic E-state index is 0.698. The fourth-order valence-electron chi connectivity index (χ4n) is 2.45. The van der Waals surface area contributed by atoms with E-state index in [0.717, 1.165) is 25.7 Å². The monoisotopic (exact) mass is 422 g/mol. The van der Waals surface area contributed by atoms with Gasteiger partial charge < -0.3 is 0 Å². The van der Waals surface area contributed by atoms with Gasteiger partial charge in [0, 0.05) is 0 Å². The Morgan fingerprint density at radius 2 is 0.640 bits per heavy atom. The van der Waals surface area contributed by atoms with Crippen molar-refractivity contribution in [1.29, 1.82) is 0 Å². The van der Waals surface area contributed by atoms with Gasteiger partial charge in [-0.25, -0.2) is 0 Å². The normalized spacial score (nSPS) is 12.0. The van der Waals surface area contributed by atoms with E-state index in [4.69, 9.17) is 15.1 Å². The molecular weight excluding hydrogens is 377 g/mol. The standard InChI is InChI=1S/C20H44GeO4/c1-5-9-13-17-22-21(23-18-14-10-6-2,24-19-15-11-7-3)25-20-16-12-8-4/h5-20H2,1-4H3. The van der Waals surface area contributed by atoms with Crippen LogP contribution in [-0.2, 0) is 15.1 Å². The van der Waals surface area contributed by atoms with Gasteiger partial charge in [0.15, 0.2) is 0 Å². The molecule has 0 N–H and O–H groups in total. The zero-order valence-corrected chi connectivity index (χ0v) is 19.5. The van der Waals surface area contributed by atoms with Crippen LogP contribution in [0.3, 0.4) is 0 Å². The fraction of sp³-hybridized carbons (Fsp3) is 1.00. The van der Waals surface area contributed by atoms with Gasteiger partial charge in [0.2, 0.25) is 0 Å². The van der Waals surface area contributed by atoms with Gasteiger partial charge in [0.25, 0.3) is 0 Å². The van der Waals surface area contributed by atoms with Crippen LogP contribution in [0, 0.1) is 0 Å². The molecule has 0 radical (unpaired) electrons. The van der Waals surface area contributed by atoms with Crippen LogP contribution < -0.4 is 0 Å². The van der Waals surface area contributed by atoms with Crippen molar-refractivity contribution in [2.75, 3.05) is 26.4 Å². The molecule has 0 aliphatic rings. The Hall–Kier alpha value is 0.383. The van der Waals surface area contributed by atoms with Gasteiger partial charge in [0.1, 0.15) is 0 Å². The van der Waals surface area contributed by atoms with Crippen LogP contribution in [-0.4, -0.2) is 41.0 Å². The molecule has 0 fully saturated rings. The first-order valence-corrected chi connectivity index (χ1v) is 14.2.